The predicted octanol–water partition coefficient (Wildman–Crippen LogP) is 3.76. The summed E-state index contributed by atoms with van der Waals surface area (Å²) < 4.78 is 62.0. The van der Waals surface area contributed by atoms with Gasteiger partial charge in [0.15, 0.2) is 0 Å². The lowest BCUT2D eigenvalue weighted by Gasteiger charge is -2.44. The fraction of sp³-hybridized carbons (Fsp3) is 0.536. The lowest BCUT2D eigenvalue weighted by molar-refractivity contribution is -0.115. The second kappa shape index (κ2) is 10.9. The number of alkyl halides is 3. The van der Waals surface area contributed by atoms with E-state index in [9.17, 15) is 18.0 Å². The molecule has 4 heterocycles. The van der Waals surface area contributed by atoms with Crippen molar-refractivity contribution in [1.82, 2.24) is 15.1 Å². The summed E-state index contributed by atoms with van der Waals surface area (Å²) in [6.45, 7) is 8.10. The Morgan fingerprint density at radius 1 is 1.13 bits per heavy atom. The van der Waals surface area contributed by atoms with Gasteiger partial charge >= 0.3 is 6.18 Å². The highest BCUT2D eigenvalue weighted by atomic mass is 19.4. The summed E-state index contributed by atoms with van der Waals surface area (Å²) in [5.74, 6) is -1.31. The standard InChI is InChI=1S/C28H35F4N5O2/c1-17-13-37(14-18(2)35(17)3)26-11-24(29)21(19-5-8-36(9-6-19)20-15-39-16-20)10-25(26)34-27(38)22-12-33-7-4-23(22)28(30,31)32/h4-5,10-12,17-18,20,33H,6-9,13-16H2,1-3H3,(H,34,38)/t17-,18+. The minimum atomic E-state index is -4.67. The van der Waals surface area contributed by atoms with Gasteiger partial charge in [-0.05, 0) is 45.0 Å². The molecule has 0 bridgehead atoms. The molecule has 1 amide bonds. The van der Waals surface area contributed by atoms with Crippen LogP contribution in [-0.4, -0.2) is 93.0 Å². The first-order valence-electron chi connectivity index (χ1n) is 13.4. The summed E-state index contributed by atoms with van der Waals surface area (Å²) in [6.07, 6.45) is -0.0108. The maximum atomic E-state index is 15.7. The van der Waals surface area contributed by atoms with Crippen molar-refractivity contribution in [3.63, 3.8) is 0 Å². The van der Waals surface area contributed by atoms with Crippen LogP contribution in [-0.2, 0) is 9.53 Å². The molecule has 2 N–H and O–H groups in total. The number of piperazine rings is 1. The zero-order valence-corrected chi connectivity index (χ0v) is 22.4. The summed E-state index contributed by atoms with van der Waals surface area (Å²) in [7, 11) is 2.03. The maximum Gasteiger partial charge on any atom is 0.416 e. The molecule has 0 spiro atoms. The summed E-state index contributed by atoms with van der Waals surface area (Å²) in [5.41, 5.74) is 0.448. The molecule has 212 valence electrons. The minimum absolute atomic E-state index is 0.0210. The molecule has 7 nitrogen and oxygen atoms in total. The molecule has 5 rings (SSSR count). The number of nitrogens with zero attached hydrogens (tertiary/aromatic N) is 3. The molecule has 0 aliphatic carbocycles. The lowest BCUT2D eigenvalue weighted by Crippen LogP contribution is -2.55. The SMILES string of the molecule is C[C@@H]1CN(c2cc(F)c(C3=CCN(C4COC4)CC3)cc2NC(=O)C2=CNCC=C2C(F)(F)F)C[C@H](C)N1C. The van der Waals surface area contributed by atoms with Crippen LogP contribution in [0.5, 0.6) is 0 Å². The van der Waals surface area contributed by atoms with Crippen molar-refractivity contribution in [2.45, 2.75) is 44.6 Å². The zero-order valence-electron chi connectivity index (χ0n) is 22.4. The molecule has 39 heavy (non-hydrogen) atoms. The monoisotopic (exact) mass is 549 g/mol. The van der Waals surface area contributed by atoms with Crippen molar-refractivity contribution in [3.05, 3.63) is 53.0 Å². The molecule has 2 fully saturated rings. The fourth-order valence-electron chi connectivity index (χ4n) is 5.62. The number of nitrogens with one attached hydrogen (secondary N) is 2. The largest absolute Gasteiger partial charge is 0.416 e. The van der Waals surface area contributed by atoms with E-state index in [1.807, 2.05) is 18.0 Å². The van der Waals surface area contributed by atoms with Crippen LogP contribution >= 0.6 is 0 Å². The van der Waals surface area contributed by atoms with Gasteiger partial charge in [-0.1, -0.05) is 12.2 Å². The number of amides is 1. The van der Waals surface area contributed by atoms with E-state index in [1.165, 1.54) is 6.07 Å². The Balaban J connectivity index is 1.48. The molecule has 4 aliphatic heterocycles. The van der Waals surface area contributed by atoms with Gasteiger partial charge < -0.3 is 20.3 Å². The summed E-state index contributed by atoms with van der Waals surface area (Å²) >= 11 is 0. The topological polar surface area (TPSA) is 60.1 Å². The van der Waals surface area contributed by atoms with Gasteiger partial charge in [0.05, 0.1) is 41.8 Å². The number of benzene rings is 1. The van der Waals surface area contributed by atoms with Gasteiger partial charge in [-0.3, -0.25) is 14.6 Å². The second-order valence-electron chi connectivity index (χ2n) is 10.8. The Kier molecular flexibility index (Phi) is 7.76. The van der Waals surface area contributed by atoms with Crippen LogP contribution in [0.2, 0.25) is 0 Å². The highest BCUT2D eigenvalue weighted by molar-refractivity contribution is 6.09. The van der Waals surface area contributed by atoms with Crippen molar-refractivity contribution in [3.8, 4) is 0 Å². The lowest BCUT2D eigenvalue weighted by atomic mass is 9.96. The molecule has 11 heteroatoms. The van der Waals surface area contributed by atoms with Gasteiger partial charge in [0.2, 0.25) is 0 Å². The molecule has 0 unspecified atom stereocenters. The number of carbonyl (C=O) groups excluding carboxylic acids is 1. The molecule has 0 aromatic heterocycles. The van der Waals surface area contributed by atoms with E-state index in [4.69, 9.17) is 4.74 Å². The predicted molar refractivity (Wildman–Crippen MR) is 143 cm³/mol. The number of carbonyl (C=O) groups is 1. The molecule has 1 aromatic carbocycles. The molecular weight excluding hydrogens is 514 g/mol. The first-order valence-corrected chi connectivity index (χ1v) is 13.4. The van der Waals surface area contributed by atoms with Crippen molar-refractivity contribution >= 4 is 22.9 Å². The molecule has 0 radical (unpaired) electrons. The minimum Gasteiger partial charge on any atom is -0.387 e. The molecule has 2 saturated heterocycles. The van der Waals surface area contributed by atoms with Crippen LogP contribution in [0.1, 0.15) is 25.8 Å². The van der Waals surface area contributed by atoms with Crippen LogP contribution in [0.4, 0.5) is 28.9 Å². The summed E-state index contributed by atoms with van der Waals surface area (Å²) in [6, 6.07) is 3.69. The fourth-order valence-corrected chi connectivity index (χ4v) is 5.62. The van der Waals surface area contributed by atoms with E-state index in [2.05, 4.69) is 34.3 Å². The van der Waals surface area contributed by atoms with Crippen LogP contribution in [0.15, 0.2) is 41.6 Å². The number of likely N-dealkylation sites (N-methyl/N-ethyl adjacent to an activating group) is 1. The third-order valence-electron chi connectivity index (χ3n) is 8.27. The Morgan fingerprint density at radius 2 is 1.85 bits per heavy atom. The number of hydrogen-bond acceptors (Lipinski definition) is 6. The van der Waals surface area contributed by atoms with E-state index in [0.29, 0.717) is 62.2 Å². The van der Waals surface area contributed by atoms with Crippen LogP contribution in [0, 0.1) is 5.82 Å². The number of rotatable bonds is 5. The Hall–Kier alpha value is -2.89. The number of hydrogen-bond donors (Lipinski definition) is 2. The molecule has 1 aromatic rings. The summed E-state index contributed by atoms with van der Waals surface area (Å²) in [4.78, 5) is 19.8. The van der Waals surface area contributed by atoms with Gasteiger partial charge in [-0.2, -0.15) is 13.2 Å². The van der Waals surface area contributed by atoms with E-state index in [0.717, 1.165) is 24.4 Å². The number of dihydropyridines is 1. The van der Waals surface area contributed by atoms with Crippen molar-refractivity contribution in [2.24, 2.45) is 0 Å². The van der Waals surface area contributed by atoms with Crippen molar-refractivity contribution in [1.29, 1.82) is 0 Å². The number of anilines is 2. The number of ether oxygens (including phenoxy) is 1. The number of halogens is 4. The van der Waals surface area contributed by atoms with E-state index in [1.54, 1.807) is 6.07 Å². The van der Waals surface area contributed by atoms with Crippen LogP contribution < -0.4 is 15.5 Å². The first kappa shape index (κ1) is 27.7. The van der Waals surface area contributed by atoms with Crippen molar-refractivity contribution in [2.75, 3.05) is 63.2 Å². The zero-order chi connectivity index (χ0) is 27.9. The Labute approximate surface area is 226 Å². The maximum absolute atomic E-state index is 15.7. The average Bonchev–Trinajstić information content (AvgIpc) is 2.87. The van der Waals surface area contributed by atoms with Gasteiger partial charge in [-0.25, -0.2) is 4.39 Å². The van der Waals surface area contributed by atoms with E-state index < -0.39 is 29.0 Å². The molecule has 0 saturated carbocycles. The highest BCUT2D eigenvalue weighted by Crippen LogP contribution is 2.38. The normalized spacial score (nSPS) is 25.3. The molecular formula is C28H35F4N5O2. The van der Waals surface area contributed by atoms with Gasteiger partial charge in [0.25, 0.3) is 5.91 Å². The Morgan fingerprint density at radius 3 is 2.44 bits per heavy atom. The van der Waals surface area contributed by atoms with E-state index in [-0.39, 0.29) is 18.6 Å². The summed E-state index contributed by atoms with van der Waals surface area (Å²) in [5, 5.41) is 5.40. The van der Waals surface area contributed by atoms with Gasteiger partial charge in [0, 0.05) is 56.6 Å². The smallest absolute Gasteiger partial charge is 0.387 e. The molecule has 2 atom stereocenters. The quantitative estimate of drug-likeness (QED) is 0.546. The third-order valence-corrected chi connectivity index (χ3v) is 8.27. The molecule has 4 aliphatic rings. The van der Waals surface area contributed by atoms with Crippen LogP contribution in [0.3, 0.4) is 0 Å². The average molecular weight is 550 g/mol. The van der Waals surface area contributed by atoms with E-state index >= 15 is 4.39 Å². The van der Waals surface area contributed by atoms with Gasteiger partial charge in [0.1, 0.15) is 5.82 Å². The van der Waals surface area contributed by atoms with Crippen molar-refractivity contribution < 1.29 is 27.1 Å². The second-order valence-corrected chi connectivity index (χ2v) is 10.8. The van der Waals surface area contributed by atoms with Crippen LogP contribution in [0.25, 0.3) is 5.57 Å². The highest BCUT2D eigenvalue weighted by Gasteiger charge is 2.39. The third kappa shape index (κ3) is 5.71. The Bertz CT molecular complexity index is 1200. The first-order chi connectivity index (χ1) is 18.5. The van der Waals surface area contributed by atoms with Gasteiger partial charge in [-0.15, -0.1) is 0 Å².